The van der Waals surface area contributed by atoms with Gasteiger partial charge in [-0.2, -0.15) is 0 Å². The van der Waals surface area contributed by atoms with Crippen molar-refractivity contribution in [3.05, 3.63) is 18.0 Å². The Balaban J connectivity index is 2.51. The summed E-state index contributed by atoms with van der Waals surface area (Å²) in [5.41, 5.74) is 0.381. The maximum Gasteiger partial charge on any atom is 0.187 e. The lowest BCUT2D eigenvalue weighted by Crippen LogP contribution is -2.21. The Morgan fingerprint density at radius 3 is 2.38 bits per heavy atom. The van der Waals surface area contributed by atoms with Crippen molar-refractivity contribution < 1.29 is 5.11 Å². The predicted octanol–water partition coefficient (Wildman–Crippen LogP) is 1.65. The van der Waals surface area contributed by atoms with E-state index in [1.54, 1.807) is 26.2 Å². The molecule has 0 bridgehead atoms. The lowest BCUT2D eigenvalue weighted by atomic mass is 10.2. The molecule has 0 radical (unpaired) electrons. The van der Waals surface area contributed by atoms with Crippen LogP contribution in [0.25, 0.3) is 0 Å². The van der Waals surface area contributed by atoms with Crippen LogP contribution in [-0.4, -0.2) is 26.4 Å². The second-order valence-electron chi connectivity index (χ2n) is 3.64. The molecule has 0 fully saturated rings. The van der Waals surface area contributed by atoms with E-state index >= 15 is 0 Å². The highest BCUT2D eigenvalue weighted by atomic mass is 32.2. The Morgan fingerprint density at radius 2 is 1.92 bits per heavy atom. The number of thioether (sulfide) groups is 1. The van der Waals surface area contributed by atoms with Crippen molar-refractivity contribution in [1.29, 1.82) is 0 Å². The van der Waals surface area contributed by atoms with E-state index < -0.39 is 5.60 Å². The van der Waals surface area contributed by atoms with Gasteiger partial charge in [-0.05, 0) is 26.3 Å². The molecule has 4 heteroatoms. The van der Waals surface area contributed by atoms with Crippen molar-refractivity contribution in [3.8, 4) is 0 Å². The van der Waals surface area contributed by atoms with Crippen LogP contribution in [0, 0.1) is 6.92 Å². The molecule has 13 heavy (non-hydrogen) atoms. The zero-order valence-corrected chi connectivity index (χ0v) is 8.93. The summed E-state index contributed by atoms with van der Waals surface area (Å²) in [6.45, 7) is 5.49. The first kappa shape index (κ1) is 10.5. The molecule has 0 spiro atoms. The second kappa shape index (κ2) is 4.07. The second-order valence-corrected chi connectivity index (χ2v) is 4.59. The zero-order chi connectivity index (χ0) is 9.90. The summed E-state index contributed by atoms with van der Waals surface area (Å²) in [4.78, 5) is 8.24. The highest BCUT2D eigenvalue weighted by Gasteiger charge is 2.13. The lowest BCUT2D eigenvalue weighted by Gasteiger charge is -2.14. The molecule has 0 aromatic carbocycles. The summed E-state index contributed by atoms with van der Waals surface area (Å²) >= 11 is 1.46. The van der Waals surface area contributed by atoms with Crippen LogP contribution >= 0.6 is 11.8 Å². The topological polar surface area (TPSA) is 46.0 Å². The molecule has 1 N–H and O–H groups in total. The molecule has 0 saturated heterocycles. The van der Waals surface area contributed by atoms with Gasteiger partial charge in [0.15, 0.2) is 5.16 Å². The van der Waals surface area contributed by atoms with Gasteiger partial charge in [0.2, 0.25) is 0 Å². The average Bonchev–Trinajstić information content (AvgIpc) is 2.02. The molecule has 3 nitrogen and oxygen atoms in total. The fraction of sp³-hybridized carbons (Fsp3) is 0.556. The normalized spacial score (nSPS) is 11.7. The lowest BCUT2D eigenvalue weighted by molar-refractivity contribution is 0.107. The van der Waals surface area contributed by atoms with Crippen molar-refractivity contribution >= 4 is 11.8 Å². The molecule has 0 saturated carbocycles. The van der Waals surface area contributed by atoms with Crippen molar-refractivity contribution in [2.24, 2.45) is 0 Å². The predicted molar refractivity (Wildman–Crippen MR) is 53.8 cm³/mol. The van der Waals surface area contributed by atoms with E-state index in [0.717, 1.165) is 5.56 Å². The van der Waals surface area contributed by atoms with Gasteiger partial charge in [-0.1, -0.05) is 11.8 Å². The number of aryl methyl sites for hydroxylation is 1. The van der Waals surface area contributed by atoms with Gasteiger partial charge in [0.05, 0.1) is 5.60 Å². The van der Waals surface area contributed by atoms with Crippen LogP contribution in [0.5, 0.6) is 0 Å². The maximum absolute atomic E-state index is 9.46. The van der Waals surface area contributed by atoms with Crippen molar-refractivity contribution in [2.45, 2.75) is 31.5 Å². The van der Waals surface area contributed by atoms with Gasteiger partial charge < -0.3 is 5.11 Å². The van der Waals surface area contributed by atoms with Gasteiger partial charge in [-0.15, -0.1) is 0 Å². The smallest absolute Gasteiger partial charge is 0.187 e. The Labute approximate surface area is 82.6 Å². The largest absolute Gasteiger partial charge is 0.390 e. The van der Waals surface area contributed by atoms with Crippen molar-refractivity contribution in [2.75, 3.05) is 5.75 Å². The number of aromatic nitrogens is 2. The number of rotatable bonds is 3. The summed E-state index contributed by atoms with van der Waals surface area (Å²) < 4.78 is 0. The summed E-state index contributed by atoms with van der Waals surface area (Å²) in [6.07, 6.45) is 3.55. The molecule has 1 heterocycles. The minimum Gasteiger partial charge on any atom is -0.390 e. The van der Waals surface area contributed by atoms with Gasteiger partial charge in [0.1, 0.15) is 0 Å². The van der Waals surface area contributed by atoms with E-state index in [-0.39, 0.29) is 0 Å². The van der Waals surface area contributed by atoms with Crippen LogP contribution in [0.3, 0.4) is 0 Å². The van der Waals surface area contributed by atoms with Gasteiger partial charge in [-0.25, -0.2) is 9.97 Å². The third-order valence-electron chi connectivity index (χ3n) is 1.31. The molecular weight excluding hydrogens is 184 g/mol. The van der Waals surface area contributed by atoms with E-state index in [0.29, 0.717) is 10.9 Å². The zero-order valence-electron chi connectivity index (χ0n) is 8.11. The Kier molecular flexibility index (Phi) is 3.27. The number of hydrogen-bond donors (Lipinski definition) is 1. The highest BCUT2D eigenvalue weighted by Crippen LogP contribution is 2.18. The monoisotopic (exact) mass is 198 g/mol. The summed E-state index contributed by atoms with van der Waals surface area (Å²) in [5, 5.41) is 10.2. The fourth-order valence-corrected chi connectivity index (χ4v) is 1.43. The Hall–Kier alpha value is -0.610. The molecule has 0 unspecified atom stereocenters. The van der Waals surface area contributed by atoms with E-state index in [2.05, 4.69) is 9.97 Å². The van der Waals surface area contributed by atoms with Gasteiger partial charge in [0, 0.05) is 18.1 Å². The molecule has 72 valence electrons. The van der Waals surface area contributed by atoms with Gasteiger partial charge in [0.25, 0.3) is 0 Å². The molecule has 0 aliphatic heterocycles. The standard InChI is InChI=1S/C9H14N2OS/c1-7-4-10-8(11-5-7)13-6-9(2,3)12/h4-5,12H,6H2,1-3H3. The quantitative estimate of drug-likeness (QED) is 0.592. The number of nitrogens with zero attached hydrogens (tertiary/aromatic N) is 2. The van der Waals surface area contributed by atoms with Crippen LogP contribution in [0.1, 0.15) is 19.4 Å². The molecule has 0 aliphatic rings. The average molecular weight is 198 g/mol. The fourth-order valence-electron chi connectivity index (χ4n) is 0.696. The molecule has 0 aliphatic carbocycles. The van der Waals surface area contributed by atoms with E-state index in [1.807, 2.05) is 6.92 Å². The van der Waals surface area contributed by atoms with Crippen molar-refractivity contribution in [3.63, 3.8) is 0 Å². The summed E-state index contributed by atoms with van der Waals surface area (Å²) in [7, 11) is 0. The van der Waals surface area contributed by atoms with E-state index in [4.69, 9.17) is 0 Å². The van der Waals surface area contributed by atoms with Crippen molar-refractivity contribution in [1.82, 2.24) is 9.97 Å². The van der Waals surface area contributed by atoms with Crippen LogP contribution in [0.2, 0.25) is 0 Å². The van der Waals surface area contributed by atoms with E-state index in [9.17, 15) is 5.11 Å². The van der Waals surface area contributed by atoms with Crippen LogP contribution < -0.4 is 0 Å². The van der Waals surface area contributed by atoms with Gasteiger partial charge >= 0.3 is 0 Å². The number of aliphatic hydroxyl groups is 1. The first-order valence-electron chi connectivity index (χ1n) is 4.11. The third-order valence-corrected chi connectivity index (χ3v) is 2.63. The first-order chi connectivity index (χ1) is 5.97. The SMILES string of the molecule is Cc1cnc(SCC(C)(C)O)nc1. The Bertz CT molecular complexity index is 266. The number of hydrogen-bond acceptors (Lipinski definition) is 4. The molecular formula is C9H14N2OS. The molecule has 1 rings (SSSR count). The third kappa shape index (κ3) is 4.24. The maximum atomic E-state index is 9.46. The van der Waals surface area contributed by atoms with Crippen LogP contribution in [-0.2, 0) is 0 Å². The molecule has 1 aromatic rings. The molecule has 0 atom stereocenters. The Morgan fingerprint density at radius 1 is 1.38 bits per heavy atom. The summed E-state index contributed by atoms with van der Waals surface area (Å²) in [6, 6.07) is 0. The van der Waals surface area contributed by atoms with Crippen LogP contribution in [0.4, 0.5) is 0 Å². The van der Waals surface area contributed by atoms with E-state index in [1.165, 1.54) is 11.8 Å². The summed E-state index contributed by atoms with van der Waals surface area (Å²) in [5.74, 6) is 0.607. The minimum atomic E-state index is -0.668. The van der Waals surface area contributed by atoms with Gasteiger partial charge in [-0.3, -0.25) is 0 Å². The molecule has 0 amide bonds. The first-order valence-corrected chi connectivity index (χ1v) is 5.10. The van der Waals surface area contributed by atoms with Crippen LogP contribution in [0.15, 0.2) is 17.6 Å². The molecule has 1 aromatic heterocycles. The highest BCUT2D eigenvalue weighted by molar-refractivity contribution is 7.99. The minimum absolute atomic E-state index is 0.607.